The molecule has 3 rings (SSSR count). The van der Waals surface area contributed by atoms with Crippen molar-refractivity contribution in [2.24, 2.45) is 0 Å². The zero-order valence-corrected chi connectivity index (χ0v) is 15.1. The van der Waals surface area contributed by atoms with E-state index in [9.17, 15) is 4.79 Å². The van der Waals surface area contributed by atoms with Crippen LogP contribution in [0.15, 0.2) is 54.6 Å². The van der Waals surface area contributed by atoms with E-state index >= 15 is 0 Å². The van der Waals surface area contributed by atoms with Crippen LogP contribution in [0.4, 0.5) is 0 Å². The van der Waals surface area contributed by atoms with Gasteiger partial charge in [-0.2, -0.15) is 0 Å². The molecule has 3 heteroatoms. The Kier molecular flexibility index (Phi) is 6.24. The van der Waals surface area contributed by atoms with Crippen LogP contribution in [0.3, 0.4) is 0 Å². The second kappa shape index (κ2) is 8.82. The number of nitrogens with one attached hydrogen (secondary N) is 1. The first-order chi connectivity index (χ1) is 12.3. The lowest BCUT2D eigenvalue weighted by atomic mass is 9.95. The highest BCUT2D eigenvalue weighted by atomic mass is 16.1. The number of nitrogens with zero attached hydrogens (tertiary/aromatic N) is 1. The summed E-state index contributed by atoms with van der Waals surface area (Å²) in [5.41, 5.74) is 3.65. The monoisotopic (exact) mass is 336 g/mol. The van der Waals surface area contributed by atoms with E-state index in [2.05, 4.69) is 41.4 Å². The lowest BCUT2D eigenvalue weighted by Crippen LogP contribution is -2.29. The molecule has 1 saturated heterocycles. The van der Waals surface area contributed by atoms with E-state index < -0.39 is 0 Å². The first kappa shape index (κ1) is 17.7. The lowest BCUT2D eigenvalue weighted by Gasteiger charge is -2.19. The standard InChI is InChI=1S/C22H28N2O/c1-2-21(18-10-4-3-5-11-18)22(25)23-16-19-12-6-7-13-20(19)17-24-14-8-9-15-24/h3-7,10-13,21H,2,8-9,14-17H2,1H3,(H,23,25). The van der Waals surface area contributed by atoms with Crippen LogP contribution in [0.5, 0.6) is 0 Å². The second-order valence-corrected chi connectivity index (χ2v) is 6.84. The Hall–Kier alpha value is -2.13. The molecular formula is C22H28N2O. The van der Waals surface area contributed by atoms with Crippen LogP contribution in [-0.4, -0.2) is 23.9 Å². The summed E-state index contributed by atoms with van der Waals surface area (Å²) >= 11 is 0. The number of benzene rings is 2. The van der Waals surface area contributed by atoms with Crippen molar-refractivity contribution >= 4 is 5.91 Å². The third-order valence-electron chi connectivity index (χ3n) is 5.09. The molecule has 1 amide bonds. The topological polar surface area (TPSA) is 32.3 Å². The number of hydrogen-bond donors (Lipinski definition) is 1. The molecule has 1 atom stereocenters. The van der Waals surface area contributed by atoms with Crippen LogP contribution in [-0.2, 0) is 17.9 Å². The minimum Gasteiger partial charge on any atom is -0.351 e. The minimum absolute atomic E-state index is 0.0769. The lowest BCUT2D eigenvalue weighted by molar-refractivity contribution is -0.122. The highest BCUT2D eigenvalue weighted by Crippen LogP contribution is 2.20. The van der Waals surface area contributed by atoms with E-state index in [1.807, 2.05) is 30.3 Å². The van der Waals surface area contributed by atoms with Crippen molar-refractivity contribution in [2.75, 3.05) is 13.1 Å². The summed E-state index contributed by atoms with van der Waals surface area (Å²) in [6.07, 6.45) is 3.41. The van der Waals surface area contributed by atoms with Gasteiger partial charge in [-0.25, -0.2) is 0 Å². The third-order valence-corrected chi connectivity index (χ3v) is 5.09. The van der Waals surface area contributed by atoms with Gasteiger partial charge < -0.3 is 5.32 Å². The molecule has 1 fully saturated rings. The summed E-state index contributed by atoms with van der Waals surface area (Å²) in [5.74, 6) is 0.0385. The van der Waals surface area contributed by atoms with Crippen molar-refractivity contribution in [3.05, 3.63) is 71.3 Å². The first-order valence-electron chi connectivity index (χ1n) is 9.39. The summed E-state index contributed by atoms with van der Waals surface area (Å²) < 4.78 is 0. The molecule has 1 unspecified atom stereocenters. The predicted molar refractivity (Wildman–Crippen MR) is 102 cm³/mol. The predicted octanol–water partition coefficient (Wildman–Crippen LogP) is 4.09. The summed E-state index contributed by atoms with van der Waals surface area (Å²) in [4.78, 5) is 15.2. The van der Waals surface area contributed by atoms with Gasteiger partial charge in [-0.3, -0.25) is 9.69 Å². The molecule has 1 aliphatic heterocycles. The number of carbonyl (C=O) groups is 1. The van der Waals surface area contributed by atoms with Crippen molar-refractivity contribution in [1.29, 1.82) is 0 Å². The SMILES string of the molecule is CCC(C(=O)NCc1ccccc1CN1CCCC1)c1ccccc1. The molecule has 0 bridgehead atoms. The number of hydrogen-bond acceptors (Lipinski definition) is 2. The number of rotatable bonds is 7. The molecule has 25 heavy (non-hydrogen) atoms. The fourth-order valence-corrected chi connectivity index (χ4v) is 3.63. The van der Waals surface area contributed by atoms with E-state index in [0.717, 1.165) is 18.5 Å². The summed E-state index contributed by atoms with van der Waals surface area (Å²) in [7, 11) is 0. The molecule has 132 valence electrons. The number of amides is 1. The summed E-state index contributed by atoms with van der Waals surface area (Å²) in [5, 5.41) is 3.16. The van der Waals surface area contributed by atoms with Gasteiger partial charge in [0.15, 0.2) is 0 Å². The van der Waals surface area contributed by atoms with Crippen LogP contribution in [0, 0.1) is 0 Å². The van der Waals surface area contributed by atoms with Crippen LogP contribution < -0.4 is 5.32 Å². The van der Waals surface area contributed by atoms with Gasteiger partial charge in [0.05, 0.1) is 5.92 Å². The Bertz CT molecular complexity index is 677. The first-order valence-corrected chi connectivity index (χ1v) is 9.39. The Balaban J connectivity index is 1.63. The van der Waals surface area contributed by atoms with Crippen LogP contribution in [0.1, 0.15) is 48.8 Å². The van der Waals surface area contributed by atoms with Gasteiger partial charge in [0.2, 0.25) is 5.91 Å². The van der Waals surface area contributed by atoms with Crippen molar-refractivity contribution in [3.8, 4) is 0 Å². The number of likely N-dealkylation sites (tertiary alicyclic amines) is 1. The average Bonchev–Trinajstić information content (AvgIpc) is 3.16. The molecule has 1 heterocycles. The van der Waals surface area contributed by atoms with E-state index in [4.69, 9.17) is 0 Å². The quantitative estimate of drug-likeness (QED) is 0.826. The van der Waals surface area contributed by atoms with Crippen LogP contribution >= 0.6 is 0 Å². The largest absolute Gasteiger partial charge is 0.351 e. The molecule has 2 aromatic rings. The molecule has 0 spiro atoms. The van der Waals surface area contributed by atoms with Crippen molar-refractivity contribution < 1.29 is 4.79 Å². The summed E-state index contributed by atoms with van der Waals surface area (Å²) in [6, 6.07) is 18.5. The van der Waals surface area contributed by atoms with Crippen molar-refractivity contribution in [3.63, 3.8) is 0 Å². The maximum absolute atomic E-state index is 12.7. The minimum atomic E-state index is -0.0769. The summed E-state index contributed by atoms with van der Waals surface area (Å²) in [6.45, 7) is 6.03. The fourth-order valence-electron chi connectivity index (χ4n) is 3.63. The fraction of sp³-hybridized carbons (Fsp3) is 0.409. The van der Waals surface area contributed by atoms with E-state index in [1.165, 1.54) is 37.1 Å². The molecular weight excluding hydrogens is 308 g/mol. The Labute approximate surface area is 151 Å². The van der Waals surface area contributed by atoms with E-state index in [1.54, 1.807) is 0 Å². The average molecular weight is 336 g/mol. The van der Waals surface area contributed by atoms with Crippen LogP contribution in [0.25, 0.3) is 0 Å². The van der Waals surface area contributed by atoms with E-state index in [-0.39, 0.29) is 11.8 Å². The molecule has 3 nitrogen and oxygen atoms in total. The van der Waals surface area contributed by atoms with Gasteiger partial charge in [0.25, 0.3) is 0 Å². The molecule has 0 radical (unpaired) electrons. The van der Waals surface area contributed by atoms with Crippen LogP contribution in [0.2, 0.25) is 0 Å². The zero-order valence-electron chi connectivity index (χ0n) is 15.1. The Morgan fingerprint density at radius 1 is 1.00 bits per heavy atom. The molecule has 0 aromatic heterocycles. The maximum Gasteiger partial charge on any atom is 0.227 e. The Morgan fingerprint density at radius 2 is 1.64 bits per heavy atom. The normalized spacial score (nSPS) is 15.9. The van der Waals surface area contributed by atoms with Gasteiger partial charge >= 0.3 is 0 Å². The van der Waals surface area contributed by atoms with Gasteiger partial charge in [-0.1, -0.05) is 61.5 Å². The molecule has 2 aromatic carbocycles. The van der Waals surface area contributed by atoms with Crippen molar-refractivity contribution in [1.82, 2.24) is 10.2 Å². The van der Waals surface area contributed by atoms with E-state index in [0.29, 0.717) is 6.54 Å². The molecule has 0 aliphatic carbocycles. The number of carbonyl (C=O) groups excluding carboxylic acids is 1. The second-order valence-electron chi connectivity index (χ2n) is 6.84. The zero-order chi connectivity index (χ0) is 17.5. The highest BCUT2D eigenvalue weighted by molar-refractivity contribution is 5.83. The molecule has 1 N–H and O–H groups in total. The van der Waals surface area contributed by atoms with Crippen molar-refractivity contribution in [2.45, 2.75) is 45.2 Å². The van der Waals surface area contributed by atoms with Gasteiger partial charge in [0.1, 0.15) is 0 Å². The molecule has 1 aliphatic rings. The maximum atomic E-state index is 12.7. The molecule has 0 saturated carbocycles. The third kappa shape index (κ3) is 4.70. The highest BCUT2D eigenvalue weighted by Gasteiger charge is 2.19. The van der Waals surface area contributed by atoms with Gasteiger partial charge in [-0.05, 0) is 49.0 Å². The van der Waals surface area contributed by atoms with Gasteiger partial charge in [-0.15, -0.1) is 0 Å². The van der Waals surface area contributed by atoms with Gasteiger partial charge in [0, 0.05) is 13.1 Å². The smallest absolute Gasteiger partial charge is 0.227 e. The Morgan fingerprint density at radius 3 is 2.32 bits per heavy atom.